The average molecular weight is 439 g/mol. The second-order valence-corrected chi connectivity index (χ2v) is 8.49. The Hall–Kier alpha value is -2.86. The molecule has 1 fully saturated rings. The number of ketones is 1. The molecule has 1 N–H and O–H groups in total. The molecule has 1 amide bonds. The van der Waals surface area contributed by atoms with Gasteiger partial charge in [0.05, 0.1) is 14.2 Å². The Bertz CT molecular complexity index is 928. The van der Waals surface area contributed by atoms with Crippen molar-refractivity contribution in [2.45, 2.75) is 45.7 Å². The van der Waals surface area contributed by atoms with Gasteiger partial charge in [0.15, 0.2) is 5.78 Å². The van der Waals surface area contributed by atoms with Gasteiger partial charge in [0.1, 0.15) is 11.5 Å². The maximum absolute atomic E-state index is 12.4. The van der Waals surface area contributed by atoms with E-state index < -0.39 is 0 Å². The van der Waals surface area contributed by atoms with E-state index in [9.17, 15) is 9.59 Å². The highest BCUT2D eigenvalue weighted by Gasteiger charge is 2.21. The molecule has 0 aromatic heterocycles. The summed E-state index contributed by atoms with van der Waals surface area (Å²) in [5.74, 6) is 2.12. The standard InChI is InChI=1S/C26H34N2O4/c1-19(29)22-8-4-6-21(14-22)18-28-13-5-7-20(17-28)9-12-26(30)27-16-23-10-11-24(31-2)15-25(23)32-3/h4,6,8,10-11,14-15,20H,5,7,9,12-13,16-18H2,1-3H3,(H,27,30)/t20-/m0/s1. The monoisotopic (exact) mass is 438 g/mol. The lowest BCUT2D eigenvalue weighted by atomic mass is 9.93. The molecule has 32 heavy (non-hydrogen) atoms. The summed E-state index contributed by atoms with van der Waals surface area (Å²) in [7, 11) is 3.23. The number of amides is 1. The van der Waals surface area contributed by atoms with Crippen LogP contribution in [0, 0.1) is 5.92 Å². The lowest BCUT2D eigenvalue weighted by Crippen LogP contribution is -2.35. The van der Waals surface area contributed by atoms with Gasteiger partial charge in [-0.25, -0.2) is 0 Å². The van der Waals surface area contributed by atoms with Crippen molar-refractivity contribution in [2.75, 3.05) is 27.3 Å². The molecular formula is C26H34N2O4. The zero-order valence-corrected chi connectivity index (χ0v) is 19.4. The molecule has 0 bridgehead atoms. The number of piperidine rings is 1. The summed E-state index contributed by atoms with van der Waals surface area (Å²) >= 11 is 0. The van der Waals surface area contributed by atoms with Crippen molar-refractivity contribution in [3.8, 4) is 11.5 Å². The van der Waals surface area contributed by atoms with E-state index in [0.29, 0.717) is 24.6 Å². The quantitative estimate of drug-likeness (QED) is 0.563. The molecule has 0 aliphatic carbocycles. The predicted molar refractivity (Wildman–Crippen MR) is 125 cm³/mol. The fourth-order valence-corrected chi connectivity index (χ4v) is 4.29. The third-order valence-corrected chi connectivity index (χ3v) is 6.09. The van der Waals surface area contributed by atoms with E-state index in [1.165, 1.54) is 5.56 Å². The van der Waals surface area contributed by atoms with Gasteiger partial charge in [-0.05, 0) is 62.4 Å². The predicted octanol–water partition coefficient (Wildman–Crippen LogP) is 4.22. The molecular weight excluding hydrogens is 404 g/mol. The molecule has 2 aromatic rings. The minimum absolute atomic E-state index is 0.0640. The highest BCUT2D eigenvalue weighted by Crippen LogP contribution is 2.25. The maximum Gasteiger partial charge on any atom is 0.220 e. The van der Waals surface area contributed by atoms with Crippen LogP contribution in [-0.2, 0) is 17.9 Å². The van der Waals surface area contributed by atoms with Crippen LogP contribution in [-0.4, -0.2) is 43.9 Å². The van der Waals surface area contributed by atoms with Gasteiger partial charge in [-0.15, -0.1) is 0 Å². The number of nitrogens with one attached hydrogen (secondary N) is 1. The smallest absolute Gasteiger partial charge is 0.220 e. The topological polar surface area (TPSA) is 67.9 Å². The number of ether oxygens (including phenoxy) is 2. The van der Waals surface area contributed by atoms with Crippen LogP contribution < -0.4 is 14.8 Å². The maximum atomic E-state index is 12.4. The van der Waals surface area contributed by atoms with E-state index >= 15 is 0 Å². The molecule has 1 saturated heterocycles. The molecule has 1 heterocycles. The second-order valence-electron chi connectivity index (χ2n) is 8.49. The molecule has 6 nitrogen and oxygen atoms in total. The molecule has 2 aromatic carbocycles. The number of likely N-dealkylation sites (tertiary alicyclic amines) is 1. The Labute approximate surface area is 190 Å². The highest BCUT2D eigenvalue weighted by molar-refractivity contribution is 5.94. The van der Waals surface area contributed by atoms with E-state index in [1.54, 1.807) is 21.1 Å². The summed E-state index contributed by atoms with van der Waals surface area (Å²) in [5, 5.41) is 3.01. The van der Waals surface area contributed by atoms with Gasteiger partial charge in [0.2, 0.25) is 5.91 Å². The van der Waals surface area contributed by atoms with Crippen molar-refractivity contribution in [3.05, 3.63) is 59.2 Å². The van der Waals surface area contributed by atoms with Crippen LogP contribution in [0.25, 0.3) is 0 Å². The van der Waals surface area contributed by atoms with Crippen LogP contribution in [0.5, 0.6) is 11.5 Å². The lowest BCUT2D eigenvalue weighted by molar-refractivity contribution is -0.121. The van der Waals surface area contributed by atoms with E-state index in [-0.39, 0.29) is 11.7 Å². The first-order valence-corrected chi connectivity index (χ1v) is 11.3. The number of nitrogens with zero attached hydrogens (tertiary/aromatic N) is 1. The molecule has 6 heteroatoms. The third kappa shape index (κ3) is 6.82. The average Bonchev–Trinajstić information content (AvgIpc) is 2.81. The van der Waals surface area contributed by atoms with Crippen LogP contribution >= 0.6 is 0 Å². The number of rotatable bonds is 10. The number of carbonyl (C=O) groups is 2. The first kappa shape index (κ1) is 23.8. The van der Waals surface area contributed by atoms with Crippen molar-refractivity contribution < 1.29 is 19.1 Å². The summed E-state index contributed by atoms with van der Waals surface area (Å²) in [5.41, 5.74) is 2.86. The van der Waals surface area contributed by atoms with Crippen LogP contribution in [0.15, 0.2) is 42.5 Å². The minimum atomic E-state index is 0.0640. The Morgan fingerprint density at radius 3 is 2.72 bits per heavy atom. The molecule has 3 rings (SSSR count). The number of Topliss-reactive ketones (excluding diaryl/α,β-unsaturated/α-hetero) is 1. The zero-order chi connectivity index (χ0) is 22.9. The SMILES string of the molecule is COc1ccc(CNC(=O)CC[C@@H]2CCCN(Cc3cccc(C(C)=O)c3)C2)c(OC)c1. The molecule has 0 spiro atoms. The van der Waals surface area contributed by atoms with E-state index in [4.69, 9.17) is 9.47 Å². The summed E-state index contributed by atoms with van der Waals surface area (Å²) in [6.07, 6.45) is 3.71. The molecule has 172 valence electrons. The fraction of sp³-hybridized carbons (Fsp3) is 0.462. The number of methoxy groups -OCH3 is 2. The Morgan fingerprint density at radius 2 is 1.97 bits per heavy atom. The Balaban J connectivity index is 1.45. The van der Waals surface area contributed by atoms with Gasteiger partial charge in [-0.3, -0.25) is 14.5 Å². The van der Waals surface area contributed by atoms with Gasteiger partial charge in [-0.1, -0.05) is 18.2 Å². The van der Waals surface area contributed by atoms with Crippen molar-refractivity contribution >= 4 is 11.7 Å². The zero-order valence-electron chi connectivity index (χ0n) is 19.4. The van der Waals surface area contributed by atoms with Gasteiger partial charge < -0.3 is 14.8 Å². The largest absolute Gasteiger partial charge is 0.497 e. The summed E-state index contributed by atoms with van der Waals surface area (Å²) in [4.78, 5) is 26.5. The lowest BCUT2D eigenvalue weighted by Gasteiger charge is -2.32. The number of hydrogen-bond donors (Lipinski definition) is 1. The van der Waals surface area contributed by atoms with E-state index in [1.807, 2.05) is 36.4 Å². The Morgan fingerprint density at radius 1 is 1.12 bits per heavy atom. The third-order valence-electron chi connectivity index (χ3n) is 6.09. The Kier molecular flexibility index (Phi) is 8.68. The molecule has 0 saturated carbocycles. The van der Waals surface area contributed by atoms with E-state index in [2.05, 4.69) is 16.3 Å². The van der Waals surface area contributed by atoms with Crippen LogP contribution in [0.3, 0.4) is 0 Å². The normalized spacial score (nSPS) is 16.4. The van der Waals surface area contributed by atoms with Gasteiger partial charge >= 0.3 is 0 Å². The number of hydrogen-bond acceptors (Lipinski definition) is 5. The van der Waals surface area contributed by atoms with Gasteiger partial charge in [0.25, 0.3) is 0 Å². The number of carbonyl (C=O) groups excluding carboxylic acids is 2. The molecule has 0 unspecified atom stereocenters. The summed E-state index contributed by atoms with van der Waals surface area (Å²) < 4.78 is 10.6. The second kappa shape index (κ2) is 11.7. The summed E-state index contributed by atoms with van der Waals surface area (Å²) in [6, 6.07) is 13.5. The van der Waals surface area contributed by atoms with Crippen molar-refractivity contribution in [1.82, 2.24) is 10.2 Å². The number of benzene rings is 2. The fourth-order valence-electron chi connectivity index (χ4n) is 4.29. The van der Waals surface area contributed by atoms with Gasteiger partial charge in [-0.2, -0.15) is 0 Å². The van der Waals surface area contributed by atoms with Gasteiger partial charge in [0, 0.05) is 43.2 Å². The minimum Gasteiger partial charge on any atom is -0.497 e. The van der Waals surface area contributed by atoms with Crippen LogP contribution in [0.1, 0.15) is 54.1 Å². The molecule has 1 aliphatic rings. The highest BCUT2D eigenvalue weighted by atomic mass is 16.5. The van der Waals surface area contributed by atoms with Crippen LogP contribution in [0.2, 0.25) is 0 Å². The summed E-state index contributed by atoms with van der Waals surface area (Å²) in [6.45, 7) is 4.94. The molecule has 0 radical (unpaired) electrons. The molecule has 1 aliphatic heterocycles. The van der Waals surface area contributed by atoms with Crippen molar-refractivity contribution in [2.24, 2.45) is 5.92 Å². The first-order chi connectivity index (χ1) is 15.5. The van der Waals surface area contributed by atoms with Crippen molar-refractivity contribution in [1.29, 1.82) is 0 Å². The van der Waals surface area contributed by atoms with Crippen LogP contribution in [0.4, 0.5) is 0 Å². The van der Waals surface area contributed by atoms with E-state index in [0.717, 1.165) is 55.8 Å². The molecule has 1 atom stereocenters. The first-order valence-electron chi connectivity index (χ1n) is 11.3. The van der Waals surface area contributed by atoms with Crippen molar-refractivity contribution in [3.63, 3.8) is 0 Å².